The molecule has 0 bridgehead atoms. The number of nitrogens with zero attached hydrogens (tertiary/aromatic N) is 2. The summed E-state index contributed by atoms with van der Waals surface area (Å²) in [5.41, 5.74) is 0.300. The highest BCUT2D eigenvalue weighted by atomic mass is 79.9. The Hall–Kier alpha value is -0.880. The number of rotatable bonds is 1. The van der Waals surface area contributed by atoms with Crippen LogP contribution in [0.15, 0.2) is 22.8 Å². The number of pyridine rings is 1. The average Bonchev–Trinajstić information content (AvgIpc) is 2.05. The summed E-state index contributed by atoms with van der Waals surface area (Å²) >= 11 is 3.29. The molecule has 0 saturated heterocycles. The van der Waals surface area contributed by atoms with E-state index in [1.54, 1.807) is 6.20 Å². The predicted molar refractivity (Wildman–Crippen MR) is 50.6 cm³/mol. The fourth-order valence-electron chi connectivity index (χ4n) is 0.803. The minimum Gasteiger partial charge on any atom is -0.258 e. The van der Waals surface area contributed by atoms with Crippen molar-refractivity contribution < 1.29 is 0 Å². The molecule has 0 aliphatic heterocycles. The van der Waals surface area contributed by atoms with E-state index in [0.29, 0.717) is 0 Å². The number of nitriles is 1. The van der Waals surface area contributed by atoms with Gasteiger partial charge in [0.1, 0.15) is 0 Å². The molecular formula is C9H9BrN2. The van der Waals surface area contributed by atoms with E-state index < -0.39 is 5.41 Å². The van der Waals surface area contributed by atoms with Crippen molar-refractivity contribution >= 4 is 15.9 Å². The van der Waals surface area contributed by atoms with Crippen molar-refractivity contribution in [2.24, 2.45) is 0 Å². The van der Waals surface area contributed by atoms with Crippen LogP contribution in [-0.4, -0.2) is 4.98 Å². The van der Waals surface area contributed by atoms with E-state index >= 15 is 0 Å². The molecule has 0 atom stereocenters. The van der Waals surface area contributed by atoms with Crippen LogP contribution >= 0.6 is 15.9 Å². The lowest BCUT2D eigenvalue weighted by Gasteiger charge is -2.13. The van der Waals surface area contributed by atoms with Crippen molar-refractivity contribution in [3.05, 3.63) is 28.5 Å². The van der Waals surface area contributed by atoms with Gasteiger partial charge in [0.15, 0.2) is 0 Å². The van der Waals surface area contributed by atoms with Crippen molar-refractivity contribution in [3.8, 4) is 6.07 Å². The lowest BCUT2D eigenvalue weighted by Crippen LogP contribution is -2.15. The second-order valence-electron chi connectivity index (χ2n) is 3.10. The van der Waals surface area contributed by atoms with Gasteiger partial charge in [-0.15, -0.1) is 0 Å². The van der Waals surface area contributed by atoms with Crippen LogP contribution < -0.4 is 0 Å². The summed E-state index contributed by atoms with van der Waals surface area (Å²) in [6.07, 6.45) is 1.70. The largest absolute Gasteiger partial charge is 0.258 e. The Morgan fingerprint density at radius 3 is 2.58 bits per heavy atom. The molecule has 0 radical (unpaired) electrons. The molecule has 1 aromatic rings. The summed E-state index contributed by atoms with van der Waals surface area (Å²) in [4.78, 5) is 4.15. The topological polar surface area (TPSA) is 36.7 Å². The first-order valence-corrected chi connectivity index (χ1v) is 4.39. The summed E-state index contributed by atoms with van der Waals surface area (Å²) in [5.74, 6) is 0. The lowest BCUT2D eigenvalue weighted by atomic mass is 9.91. The maximum absolute atomic E-state index is 8.82. The Balaban J connectivity index is 3.07. The molecule has 3 heteroatoms. The minimum absolute atomic E-state index is 0.499. The fourth-order valence-corrected chi connectivity index (χ4v) is 1.04. The molecule has 0 unspecified atom stereocenters. The Labute approximate surface area is 80.4 Å². The van der Waals surface area contributed by atoms with Crippen LogP contribution in [0.25, 0.3) is 0 Å². The minimum atomic E-state index is -0.499. The third-order valence-corrected chi connectivity index (χ3v) is 2.12. The molecule has 0 N–H and O–H groups in total. The average molecular weight is 225 g/mol. The van der Waals surface area contributed by atoms with Crippen LogP contribution in [0.2, 0.25) is 0 Å². The van der Waals surface area contributed by atoms with Crippen molar-refractivity contribution in [1.29, 1.82) is 5.26 Å². The molecule has 1 rings (SSSR count). The highest BCUT2D eigenvalue weighted by Crippen LogP contribution is 2.20. The van der Waals surface area contributed by atoms with Gasteiger partial charge in [-0.05, 0) is 41.9 Å². The second-order valence-corrected chi connectivity index (χ2v) is 4.01. The number of hydrogen-bond donors (Lipinski definition) is 0. The van der Waals surface area contributed by atoms with Gasteiger partial charge in [0.25, 0.3) is 0 Å². The molecule has 0 saturated carbocycles. The molecule has 62 valence electrons. The van der Waals surface area contributed by atoms with Gasteiger partial charge in [0, 0.05) is 10.7 Å². The predicted octanol–water partition coefficient (Wildman–Crippen LogP) is 2.65. The molecule has 0 amide bonds. The summed E-state index contributed by atoms with van der Waals surface area (Å²) in [7, 11) is 0. The smallest absolute Gasteiger partial charge is 0.0937 e. The van der Waals surface area contributed by atoms with Gasteiger partial charge in [-0.2, -0.15) is 5.26 Å². The quantitative estimate of drug-likeness (QED) is 0.736. The van der Waals surface area contributed by atoms with Crippen LogP contribution in [0.3, 0.4) is 0 Å². The summed E-state index contributed by atoms with van der Waals surface area (Å²) in [6.45, 7) is 3.70. The van der Waals surface area contributed by atoms with Gasteiger partial charge in [-0.1, -0.05) is 0 Å². The van der Waals surface area contributed by atoms with Gasteiger partial charge in [0.2, 0.25) is 0 Å². The summed E-state index contributed by atoms with van der Waals surface area (Å²) in [6, 6.07) is 5.94. The first-order chi connectivity index (χ1) is 5.56. The zero-order valence-electron chi connectivity index (χ0n) is 7.00. The maximum atomic E-state index is 8.82. The molecule has 0 aliphatic rings. The molecule has 1 aromatic heterocycles. The monoisotopic (exact) mass is 224 g/mol. The van der Waals surface area contributed by atoms with Crippen LogP contribution in [0.4, 0.5) is 0 Å². The Morgan fingerprint density at radius 1 is 1.50 bits per heavy atom. The van der Waals surface area contributed by atoms with Crippen LogP contribution in [0.5, 0.6) is 0 Å². The summed E-state index contributed by atoms with van der Waals surface area (Å²) in [5, 5.41) is 8.82. The van der Waals surface area contributed by atoms with Gasteiger partial charge >= 0.3 is 0 Å². The number of hydrogen-bond acceptors (Lipinski definition) is 2. The van der Waals surface area contributed by atoms with Crippen molar-refractivity contribution in [3.63, 3.8) is 0 Å². The second kappa shape index (κ2) is 3.24. The van der Waals surface area contributed by atoms with E-state index in [9.17, 15) is 0 Å². The third-order valence-electron chi connectivity index (χ3n) is 1.65. The van der Waals surface area contributed by atoms with Gasteiger partial charge in [0.05, 0.1) is 17.2 Å². The Kier molecular flexibility index (Phi) is 2.49. The van der Waals surface area contributed by atoms with Crippen molar-refractivity contribution in [2.45, 2.75) is 19.3 Å². The molecule has 1 heterocycles. The third kappa shape index (κ3) is 1.83. The number of aromatic nitrogens is 1. The first-order valence-electron chi connectivity index (χ1n) is 3.59. The molecule has 0 fully saturated rings. The SMILES string of the molecule is CC(C)(C#N)c1ccc(Br)cn1. The highest BCUT2D eigenvalue weighted by Gasteiger charge is 2.20. The van der Waals surface area contributed by atoms with E-state index in [1.807, 2.05) is 26.0 Å². The van der Waals surface area contributed by atoms with Gasteiger partial charge in [-0.25, -0.2) is 0 Å². The van der Waals surface area contributed by atoms with E-state index in [1.165, 1.54) is 0 Å². The molecule has 12 heavy (non-hydrogen) atoms. The van der Waals surface area contributed by atoms with E-state index in [2.05, 4.69) is 27.0 Å². The van der Waals surface area contributed by atoms with Crippen LogP contribution in [0.1, 0.15) is 19.5 Å². The van der Waals surface area contributed by atoms with E-state index in [0.717, 1.165) is 10.2 Å². The normalized spacial score (nSPS) is 10.8. The standard InChI is InChI=1S/C9H9BrN2/c1-9(2,6-11)8-4-3-7(10)5-12-8/h3-5H,1-2H3. The van der Waals surface area contributed by atoms with Crippen molar-refractivity contribution in [1.82, 2.24) is 4.98 Å². The first kappa shape index (κ1) is 9.21. The Bertz CT molecular complexity index is 308. The lowest BCUT2D eigenvalue weighted by molar-refractivity contribution is 0.659. The Morgan fingerprint density at radius 2 is 2.17 bits per heavy atom. The van der Waals surface area contributed by atoms with E-state index in [4.69, 9.17) is 5.26 Å². The molecular weight excluding hydrogens is 216 g/mol. The molecule has 0 spiro atoms. The zero-order valence-corrected chi connectivity index (χ0v) is 8.59. The zero-order chi connectivity index (χ0) is 9.19. The molecule has 0 aliphatic carbocycles. The molecule has 0 aromatic carbocycles. The summed E-state index contributed by atoms with van der Waals surface area (Å²) < 4.78 is 0.931. The van der Waals surface area contributed by atoms with Crippen LogP contribution in [0, 0.1) is 11.3 Å². The van der Waals surface area contributed by atoms with E-state index in [-0.39, 0.29) is 0 Å². The molecule has 2 nitrogen and oxygen atoms in total. The van der Waals surface area contributed by atoms with Crippen LogP contribution in [-0.2, 0) is 5.41 Å². The fraction of sp³-hybridized carbons (Fsp3) is 0.333. The maximum Gasteiger partial charge on any atom is 0.0937 e. The van der Waals surface area contributed by atoms with Gasteiger partial charge < -0.3 is 0 Å². The number of halogens is 1. The van der Waals surface area contributed by atoms with Crippen molar-refractivity contribution in [2.75, 3.05) is 0 Å². The highest BCUT2D eigenvalue weighted by molar-refractivity contribution is 9.10. The van der Waals surface area contributed by atoms with Gasteiger partial charge in [-0.3, -0.25) is 4.98 Å².